The average Bonchev–Trinajstić information content (AvgIpc) is 3.67. The molecule has 1 saturated heterocycles. The van der Waals surface area contributed by atoms with Crippen molar-refractivity contribution in [1.82, 2.24) is 9.80 Å². The number of benzene rings is 1. The lowest BCUT2D eigenvalue weighted by atomic mass is 9.89. The Labute approximate surface area is 185 Å². The summed E-state index contributed by atoms with van der Waals surface area (Å²) in [5, 5.41) is 7.80. The van der Waals surface area contributed by atoms with Gasteiger partial charge in [0.15, 0.2) is 0 Å². The van der Waals surface area contributed by atoms with Crippen molar-refractivity contribution >= 4 is 17.7 Å². The Kier molecular flexibility index (Phi) is 5.28. The van der Waals surface area contributed by atoms with Crippen LogP contribution in [0.1, 0.15) is 28.8 Å². The minimum Gasteiger partial charge on any atom is -0.339 e. The van der Waals surface area contributed by atoms with Crippen LogP contribution in [0.4, 0.5) is 4.39 Å². The van der Waals surface area contributed by atoms with Gasteiger partial charge in [0.2, 0.25) is 5.91 Å². The van der Waals surface area contributed by atoms with Gasteiger partial charge < -0.3 is 9.80 Å². The Balaban J connectivity index is 1.31. The molecule has 2 heterocycles. The van der Waals surface area contributed by atoms with Crippen LogP contribution in [0.3, 0.4) is 0 Å². The molecule has 3 amide bonds. The van der Waals surface area contributed by atoms with E-state index in [1.165, 1.54) is 6.07 Å². The number of rotatable bonds is 4. The third-order valence-electron chi connectivity index (χ3n) is 6.33. The minimum absolute atomic E-state index is 0.00882. The molecule has 5 rings (SSSR count). The molecule has 2 aliphatic heterocycles. The second-order valence-electron chi connectivity index (χ2n) is 8.54. The molecule has 2 fully saturated rings. The summed E-state index contributed by atoms with van der Waals surface area (Å²) < 4.78 is 14.6. The number of hydrogen-bond donors (Lipinski definition) is 0. The summed E-state index contributed by atoms with van der Waals surface area (Å²) in [6, 6.07) is 4.46. The molecule has 0 radical (unpaired) electrons. The number of allylic oxidation sites excluding steroid dienone is 4. The molecule has 0 spiro atoms. The van der Waals surface area contributed by atoms with Crippen LogP contribution in [0.25, 0.3) is 0 Å². The number of amides is 3. The first-order valence-electron chi connectivity index (χ1n) is 10.9. The Morgan fingerprint density at radius 3 is 2.53 bits per heavy atom. The Morgan fingerprint density at radius 1 is 1.03 bits per heavy atom. The fourth-order valence-corrected chi connectivity index (χ4v) is 4.33. The van der Waals surface area contributed by atoms with E-state index in [0.29, 0.717) is 38.3 Å². The van der Waals surface area contributed by atoms with Crippen molar-refractivity contribution < 1.29 is 18.8 Å². The van der Waals surface area contributed by atoms with Crippen LogP contribution >= 0.6 is 0 Å². The predicted molar refractivity (Wildman–Crippen MR) is 114 cm³/mol. The quantitative estimate of drug-likeness (QED) is 0.730. The van der Waals surface area contributed by atoms with Gasteiger partial charge in [-0.15, -0.1) is 5.11 Å². The van der Waals surface area contributed by atoms with Gasteiger partial charge in [0.1, 0.15) is 5.82 Å². The number of halogens is 1. The lowest BCUT2D eigenvalue weighted by Crippen LogP contribution is -2.51. The van der Waals surface area contributed by atoms with Crippen LogP contribution in [0, 0.1) is 17.7 Å². The van der Waals surface area contributed by atoms with Gasteiger partial charge >= 0.3 is 0 Å². The standard InChI is InChI=1S/C24H23FN4O3/c25-20-8-5-15(14-21-17-3-1-2-4-18(17)22(30)27-26-21)13-19(20)24(32)29-11-9-28(10-12-29)23(31)16-6-7-16/h1-5,8,13,16,18H,6-7,9-12,14H2. The van der Waals surface area contributed by atoms with Crippen LogP contribution < -0.4 is 0 Å². The number of fused-ring (bicyclic) bond motifs is 1. The largest absolute Gasteiger partial charge is 0.339 e. The van der Waals surface area contributed by atoms with E-state index in [9.17, 15) is 18.8 Å². The van der Waals surface area contributed by atoms with Crippen molar-refractivity contribution in [2.75, 3.05) is 26.2 Å². The molecule has 4 aliphatic rings. The fourth-order valence-electron chi connectivity index (χ4n) is 4.33. The second kappa shape index (κ2) is 8.26. The number of piperazine rings is 1. The number of nitrogens with zero attached hydrogens (tertiary/aromatic N) is 4. The highest BCUT2D eigenvalue weighted by Crippen LogP contribution is 2.32. The zero-order valence-corrected chi connectivity index (χ0v) is 17.5. The van der Waals surface area contributed by atoms with E-state index in [-0.39, 0.29) is 29.2 Å². The van der Waals surface area contributed by atoms with Crippen LogP contribution in [0.15, 0.2) is 64.0 Å². The molecule has 0 aromatic heterocycles. The molecule has 8 heteroatoms. The molecule has 1 aromatic carbocycles. The zero-order valence-electron chi connectivity index (χ0n) is 17.5. The van der Waals surface area contributed by atoms with Crippen LogP contribution in [0.5, 0.6) is 0 Å². The van der Waals surface area contributed by atoms with Gasteiger partial charge in [0, 0.05) is 38.5 Å². The molecule has 32 heavy (non-hydrogen) atoms. The lowest BCUT2D eigenvalue weighted by Gasteiger charge is -2.35. The molecule has 1 unspecified atom stereocenters. The molecular formula is C24H23FN4O3. The Morgan fingerprint density at radius 2 is 1.78 bits per heavy atom. The lowest BCUT2D eigenvalue weighted by molar-refractivity contribution is -0.134. The molecule has 0 N–H and O–H groups in total. The summed E-state index contributed by atoms with van der Waals surface area (Å²) in [6.45, 7) is 1.75. The third kappa shape index (κ3) is 3.92. The SMILES string of the molecule is O=C1N=NC(Cc2ccc(F)c(C(=O)N3CCN(C(=O)C4CC4)CC3)c2)=C2C=CC=CC12. The molecule has 2 aliphatic carbocycles. The van der Waals surface area contributed by atoms with E-state index in [0.717, 1.165) is 24.0 Å². The molecule has 164 valence electrons. The summed E-state index contributed by atoms with van der Waals surface area (Å²) in [5.74, 6) is -1.37. The summed E-state index contributed by atoms with van der Waals surface area (Å²) in [6.07, 6.45) is 9.51. The molecule has 1 saturated carbocycles. The van der Waals surface area contributed by atoms with Crippen LogP contribution in [-0.2, 0) is 16.0 Å². The van der Waals surface area contributed by atoms with Crippen molar-refractivity contribution in [2.45, 2.75) is 19.3 Å². The van der Waals surface area contributed by atoms with Crippen molar-refractivity contribution in [3.05, 3.63) is 70.7 Å². The van der Waals surface area contributed by atoms with Crippen molar-refractivity contribution in [3.63, 3.8) is 0 Å². The van der Waals surface area contributed by atoms with E-state index in [1.807, 2.05) is 12.2 Å². The molecule has 7 nitrogen and oxygen atoms in total. The number of carbonyl (C=O) groups is 3. The van der Waals surface area contributed by atoms with E-state index in [1.54, 1.807) is 34.1 Å². The maximum Gasteiger partial charge on any atom is 0.275 e. The highest BCUT2D eigenvalue weighted by atomic mass is 19.1. The summed E-state index contributed by atoms with van der Waals surface area (Å²) in [4.78, 5) is 40.6. The fraction of sp³-hybridized carbons (Fsp3) is 0.375. The van der Waals surface area contributed by atoms with Gasteiger partial charge in [-0.1, -0.05) is 30.4 Å². The maximum atomic E-state index is 14.6. The zero-order chi connectivity index (χ0) is 22.2. The van der Waals surface area contributed by atoms with Gasteiger partial charge in [0.25, 0.3) is 11.8 Å². The van der Waals surface area contributed by atoms with Crippen LogP contribution in [-0.4, -0.2) is 53.7 Å². The van der Waals surface area contributed by atoms with Gasteiger partial charge in [-0.25, -0.2) is 4.39 Å². The molecule has 1 aromatic rings. The highest BCUT2D eigenvalue weighted by Gasteiger charge is 2.35. The normalized spacial score (nSPS) is 22.4. The minimum atomic E-state index is -0.577. The van der Waals surface area contributed by atoms with Crippen molar-refractivity contribution in [3.8, 4) is 0 Å². The van der Waals surface area contributed by atoms with E-state index in [2.05, 4.69) is 10.2 Å². The first-order valence-corrected chi connectivity index (χ1v) is 10.9. The number of carbonyl (C=O) groups excluding carboxylic acids is 3. The summed E-state index contributed by atoms with van der Waals surface area (Å²) >= 11 is 0. The van der Waals surface area contributed by atoms with Crippen LogP contribution in [0.2, 0.25) is 0 Å². The second-order valence-corrected chi connectivity index (χ2v) is 8.54. The first-order chi connectivity index (χ1) is 15.5. The predicted octanol–water partition coefficient (Wildman–Crippen LogP) is 3.05. The highest BCUT2D eigenvalue weighted by molar-refractivity contribution is 5.95. The topological polar surface area (TPSA) is 82.4 Å². The van der Waals surface area contributed by atoms with Gasteiger partial charge in [-0.2, -0.15) is 5.11 Å². The van der Waals surface area contributed by atoms with Crippen molar-refractivity contribution in [1.29, 1.82) is 0 Å². The first kappa shape index (κ1) is 20.5. The van der Waals surface area contributed by atoms with E-state index >= 15 is 0 Å². The van der Waals surface area contributed by atoms with E-state index in [4.69, 9.17) is 0 Å². The van der Waals surface area contributed by atoms with E-state index < -0.39 is 11.7 Å². The molecule has 1 atom stereocenters. The number of azo groups is 1. The maximum absolute atomic E-state index is 14.6. The van der Waals surface area contributed by atoms with Gasteiger partial charge in [-0.3, -0.25) is 14.4 Å². The Hall–Kier alpha value is -3.42. The molecule has 0 bridgehead atoms. The average molecular weight is 434 g/mol. The van der Waals surface area contributed by atoms with Crippen molar-refractivity contribution in [2.24, 2.45) is 22.1 Å². The number of hydrogen-bond acceptors (Lipinski definition) is 4. The monoisotopic (exact) mass is 434 g/mol. The Bertz CT molecular complexity index is 1110. The van der Waals surface area contributed by atoms with Gasteiger partial charge in [-0.05, 0) is 36.1 Å². The third-order valence-corrected chi connectivity index (χ3v) is 6.33. The molecular weight excluding hydrogens is 411 g/mol. The summed E-state index contributed by atoms with van der Waals surface area (Å²) in [5.41, 5.74) is 2.14. The smallest absolute Gasteiger partial charge is 0.275 e. The summed E-state index contributed by atoms with van der Waals surface area (Å²) in [7, 11) is 0. The van der Waals surface area contributed by atoms with Gasteiger partial charge in [0.05, 0.1) is 17.2 Å².